The monoisotopic (exact) mass is 460 g/mol. The number of halogens is 1. The lowest BCUT2D eigenvalue weighted by molar-refractivity contribution is 0.397. The molecule has 4 rings (SSSR count). The van der Waals surface area contributed by atoms with Crippen LogP contribution in [-0.2, 0) is 5.54 Å². The van der Waals surface area contributed by atoms with Crippen LogP contribution in [0, 0.1) is 5.82 Å². The molecule has 1 aromatic carbocycles. The van der Waals surface area contributed by atoms with Crippen LogP contribution in [0.2, 0.25) is 0 Å². The number of pyridine rings is 1. The van der Waals surface area contributed by atoms with Crippen molar-refractivity contribution < 1.29 is 18.2 Å². The Balaban J connectivity index is 1.75. The summed E-state index contributed by atoms with van der Waals surface area (Å²) >= 11 is 0. The second-order valence-corrected chi connectivity index (χ2v) is 11.0. The first-order chi connectivity index (χ1) is 15.0. The molecule has 3 heterocycles. The molecule has 5 N–H and O–H groups in total. The van der Waals surface area contributed by atoms with Gasteiger partial charge in [-0.15, -0.1) is 0 Å². The molecule has 11 heteroatoms. The Morgan fingerprint density at radius 3 is 2.62 bits per heavy atom. The van der Waals surface area contributed by atoms with Gasteiger partial charge >= 0.3 is 0 Å². The van der Waals surface area contributed by atoms with Crippen LogP contribution in [0.4, 0.5) is 15.9 Å². The van der Waals surface area contributed by atoms with Crippen LogP contribution in [-0.4, -0.2) is 47.5 Å². The van der Waals surface area contributed by atoms with E-state index in [4.69, 9.17) is 10.5 Å². The van der Waals surface area contributed by atoms with Crippen molar-refractivity contribution >= 4 is 39.0 Å². The second-order valence-electron chi connectivity index (χ2n) is 8.35. The lowest BCUT2D eigenvalue weighted by atomic mass is 9.92. The van der Waals surface area contributed by atoms with Crippen LogP contribution in [0.25, 0.3) is 11.0 Å². The standard InChI is InChI=1S/C21H25FN6O3S/c1-20(2)19(23)28-21(3,11-32(20,29)30)13-9-12(5-6-14(13)22)26-18-17-15(7-8-24-18)27-16(31-4)10-25-17/h5-10,29-30H,11H2,1-4H3,(H2,23,28)(H,24,26)/t21-/m0/s1. The number of benzene rings is 1. The Morgan fingerprint density at radius 2 is 1.94 bits per heavy atom. The van der Waals surface area contributed by atoms with Gasteiger partial charge in [0.2, 0.25) is 5.88 Å². The molecule has 0 aliphatic carbocycles. The average molecular weight is 461 g/mol. The average Bonchev–Trinajstić information content (AvgIpc) is 2.73. The fourth-order valence-electron chi connectivity index (χ4n) is 3.58. The highest BCUT2D eigenvalue weighted by atomic mass is 32.3. The molecule has 0 amide bonds. The molecule has 1 aliphatic rings. The van der Waals surface area contributed by atoms with Gasteiger partial charge in [0.25, 0.3) is 0 Å². The zero-order valence-electron chi connectivity index (χ0n) is 18.1. The molecule has 0 spiro atoms. The Labute approximate surface area is 186 Å². The summed E-state index contributed by atoms with van der Waals surface area (Å²) in [5.74, 6) is 0.203. The molecule has 9 nitrogen and oxygen atoms in total. The molecule has 32 heavy (non-hydrogen) atoms. The minimum absolute atomic E-state index is 0.0731. The first-order valence-electron chi connectivity index (χ1n) is 9.81. The number of hydrogen-bond donors (Lipinski definition) is 4. The van der Waals surface area contributed by atoms with E-state index in [2.05, 4.69) is 25.3 Å². The van der Waals surface area contributed by atoms with Crippen molar-refractivity contribution in [2.75, 3.05) is 18.2 Å². The lowest BCUT2D eigenvalue weighted by Crippen LogP contribution is -2.52. The Kier molecular flexibility index (Phi) is 5.23. The highest BCUT2D eigenvalue weighted by Gasteiger charge is 2.49. The van der Waals surface area contributed by atoms with Gasteiger partial charge in [-0.25, -0.2) is 19.3 Å². The van der Waals surface area contributed by atoms with Gasteiger partial charge in [-0.2, -0.15) is 10.6 Å². The summed E-state index contributed by atoms with van der Waals surface area (Å²) in [4.78, 5) is 17.5. The van der Waals surface area contributed by atoms with Gasteiger partial charge in [0, 0.05) is 17.4 Å². The van der Waals surface area contributed by atoms with E-state index in [1.165, 1.54) is 19.4 Å². The van der Waals surface area contributed by atoms with Crippen LogP contribution in [0.1, 0.15) is 26.3 Å². The largest absolute Gasteiger partial charge is 0.480 e. The van der Waals surface area contributed by atoms with E-state index in [9.17, 15) is 13.5 Å². The molecule has 2 aromatic heterocycles. The minimum atomic E-state index is -3.18. The fraction of sp³-hybridized carbons (Fsp3) is 0.333. The fourth-order valence-corrected chi connectivity index (χ4v) is 5.33. The molecule has 3 aromatic rings. The zero-order valence-corrected chi connectivity index (χ0v) is 18.9. The number of nitrogens with two attached hydrogens (primary N) is 1. The molecule has 0 radical (unpaired) electrons. The van der Waals surface area contributed by atoms with Crippen LogP contribution >= 0.6 is 10.6 Å². The first kappa shape index (κ1) is 22.2. The van der Waals surface area contributed by atoms with Crippen LogP contribution < -0.4 is 15.8 Å². The summed E-state index contributed by atoms with van der Waals surface area (Å²) in [6, 6.07) is 6.12. The first-order valence-corrected chi connectivity index (χ1v) is 11.5. The highest BCUT2D eigenvalue weighted by Crippen LogP contribution is 2.59. The Bertz CT molecular complexity index is 1240. The van der Waals surface area contributed by atoms with E-state index in [-0.39, 0.29) is 17.2 Å². The number of aromatic nitrogens is 3. The smallest absolute Gasteiger partial charge is 0.232 e. The van der Waals surface area contributed by atoms with Crippen molar-refractivity contribution in [3.63, 3.8) is 0 Å². The van der Waals surface area contributed by atoms with Gasteiger partial charge in [-0.1, -0.05) is 0 Å². The normalized spacial score (nSPS) is 22.8. The molecule has 0 unspecified atom stereocenters. The number of amidine groups is 1. The molecular formula is C21H25FN6O3S. The summed E-state index contributed by atoms with van der Waals surface area (Å²) < 4.78 is 40.4. The van der Waals surface area contributed by atoms with Gasteiger partial charge in [0.15, 0.2) is 5.82 Å². The van der Waals surface area contributed by atoms with Crippen LogP contribution in [0.5, 0.6) is 5.88 Å². The van der Waals surface area contributed by atoms with Crippen LogP contribution in [0.15, 0.2) is 41.7 Å². The number of rotatable bonds is 4. The summed E-state index contributed by atoms with van der Waals surface area (Å²) in [6.07, 6.45) is 3.06. The third-order valence-corrected chi connectivity index (χ3v) is 8.55. The van der Waals surface area contributed by atoms with Crippen molar-refractivity contribution in [2.45, 2.75) is 31.1 Å². The number of anilines is 2. The van der Waals surface area contributed by atoms with Crippen LogP contribution in [0.3, 0.4) is 0 Å². The number of hydrogen-bond acceptors (Lipinski definition) is 9. The summed E-state index contributed by atoms with van der Waals surface area (Å²) in [5.41, 5.74) is 6.63. The number of fused-ring (bicyclic) bond motifs is 1. The molecule has 0 saturated heterocycles. The van der Waals surface area contributed by atoms with E-state index in [0.717, 1.165) is 0 Å². The topological polar surface area (TPSA) is 139 Å². The summed E-state index contributed by atoms with van der Waals surface area (Å²) in [6.45, 7) is 4.88. The predicted molar refractivity (Wildman–Crippen MR) is 124 cm³/mol. The van der Waals surface area contributed by atoms with Gasteiger partial charge < -0.3 is 15.8 Å². The maximum atomic E-state index is 14.9. The zero-order chi connectivity index (χ0) is 23.3. The maximum Gasteiger partial charge on any atom is 0.232 e. The number of methoxy groups -OCH3 is 1. The van der Waals surface area contributed by atoms with E-state index < -0.39 is 26.7 Å². The third-order valence-electron chi connectivity index (χ3n) is 5.74. The van der Waals surface area contributed by atoms with E-state index in [0.29, 0.717) is 28.4 Å². The number of ether oxygens (including phenoxy) is 1. The minimum Gasteiger partial charge on any atom is -0.480 e. The molecule has 170 valence electrons. The molecule has 1 aliphatic heterocycles. The third kappa shape index (κ3) is 3.61. The van der Waals surface area contributed by atoms with Crippen molar-refractivity contribution in [1.29, 1.82) is 0 Å². The quantitative estimate of drug-likeness (QED) is 0.458. The maximum absolute atomic E-state index is 14.9. The van der Waals surface area contributed by atoms with E-state index >= 15 is 0 Å². The highest BCUT2D eigenvalue weighted by molar-refractivity contribution is 8.26. The van der Waals surface area contributed by atoms with Gasteiger partial charge in [0.05, 0.1) is 24.6 Å². The van der Waals surface area contributed by atoms with Crippen molar-refractivity contribution in [3.8, 4) is 5.88 Å². The number of nitrogens with one attached hydrogen (secondary N) is 1. The van der Waals surface area contributed by atoms with Gasteiger partial charge in [-0.3, -0.25) is 14.1 Å². The second kappa shape index (κ2) is 7.54. The Morgan fingerprint density at radius 1 is 1.19 bits per heavy atom. The number of nitrogens with zero attached hydrogens (tertiary/aromatic N) is 4. The summed E-state index contributed by atoms with van der Waals surface area (Å²) in [5, 5.41) is 3.14. The van der Waals surface area contributed by atoms with E-state index in [1.807, 2.05) is 0 Å². The Hall–Kier alpha value is -3.02. The predicted octanol–water partition coefficient (Wildman–Crippen LogP) is 4.03. The van der Waals surface area contributed by atoms with E-state index in [1.54, 1.807) is 45.2 Å². The molecular weight excluding hydrogens is 435 g/mol. The molecule has 0 saturated carbocycles. The molecule has 0 fully saturated rings. The molecule has 0 bridgehead atoms. The molecule has 1 atom stereocenters. The van der Waals surface area contributed by atoms with Crippen molar-refractivity contribution in [1.82, 2.24) is 15.0 Å². The lowest BCUT2D eigenvalue weighted by Gasteiger charge is -2.53. The van der Waals surface area contributed by atoms with Gasteiger partial charge in [-0.05, 0) is 45.0 Å². The van der Waals surface area contributed by atoms with Crippen molar-refractivity contribution in [2.24, 2.45) is 10.7 Å². The SMILES string of the molecule is COc1cnc2c(Nc3ccc(F)c([C@]4(C)CS(O)(O)C(C)(C)C(N)=N4)c3)nccc2n1. The van der Waals surface area contributed by atoms with Gasteiger partial charge in [0.1, 0.15) is 27.5 Å². The number of aliphatic imine (C=N–C) groups is 1. The van der Waals surface area contributed by atoms with Crippen molar-refractivity contribution in [3.05, 3.63) is 48.0 Å². The summed E-state index contributed by atoms with van der Waals surface area (Å²) in [7, 11) is -1.67.